The van der Waals surface area contributed by atoms with Crippen molar-refractivity contribution in [2.45, 2.75) is 6.42 Å². The van der Waals surface area contributed by atoms with Gasteiger partial charge in [-0.25, -0.2) is 0 Å². The lowest BCUT2D eigenvalue weighted by Gasteiger charge is -2.34. The molecule has 1 saturated heterocycles. The van der Waals surface area contributed by atoms with Gasteiger partial charge >= 0.3 is 0 Å². The third-order valence-corrected chi connectivity index (χ3v) is 2.88. The first-order chi connectivity index (χ1) is 7.86. The molecule has 0 bridgehead atoms. The van der Waals surface area contributed by atoms with Crippen LogP contribution in [0, 0.1) is 0 Å². The summed E-state index contributed by atoms with van der Waals surface area (Å²) in [5.41, 5.74) is 0. The van der Waals surface area contributed by atoms with Crippen molar-refractivity contribution in [3.05, 3.63) is 0 Å². The topological polar surface area (TPSA) is 56.2 Å². The highest BCUT2D eigenvalue weighted by Crippen LogP contribution is 2.01. The summed E-state index contributed by atoms with van der Waals surface area (Å²) in [5, 5.41) is 17.3. The van der Waals surface area contributed by atoms with Gasteiger partial charge in [-0.05, 0) is 6.42 Å². The maximum Gasteiger partial charge on any atom is 0.0698 e. The quantitative estimate of drug-likeness (QED) is 0.526. The minimum absolute atomic E-state index is 0.106. The minimum Gasteiger partial charge on any atom is -0.396 e. The van der Waals surface area contributed by atoms with E-state index in [0.29, 0.717) is 13.2 Å². The van der Waals surface area contributed by atoms with Gasteiger partial charge in [0.05, 0.1) is 19.8 Å². The van der Waals surface area contributed by atoms with Crippen LogP contribution in [0.15, 0.2) is 0 Å². The Labute approximate surface area is 97.6 Å². The standard InChI is InChI=1S/C11H24N2O3/c14-8-1-2-12-3-5-13(6-4-12)7-10-16-11-9-15/h14-15H,1-11H2. The van der Waals surface area contributed by atoms with Crippen molar-refractivity contribution in [3.63, 3.8) is 0 Å². The van der Waals surface area contributed by atoms with Crippen LogP contribution in [0.2, 0.25) is 0 Å². The van der Waals surface area contributed by atoms with E-state index in [1.165, 1.54) is 0 Å². The molecular weight excluding hydrogens is 208 g/mol. The average molecular weight is 232 g/mol. The van der Waals surface area contributed by atoms with Gasteiger partial charge in [-0.3, -0.25) is 4.90 Å². The summed E-state index contributed by atoms with van der Waals surface area (Å²) >= 11 is 0. The lowest BCUT2D eigenvalue weighted by molar-refractivity contribution is 0.0566. The second-order valence-electron chi connectivity index (χ2n) is 4.10. The highest BCUT2D eigenvalue weighted by molar-refractivity contribution is 4.71. The molecule has 0 amide bonds. The molecule has 0 unspecified atom stereocenters. The van der Waals surface area contributed by atoms with Crippen LogP contribution in [0.5, 0.6) is 0 Å². The van der Waals surface area contributed by atoms with Crippen LogP contribution < -0.4 is 0 Å². The Kier molecular flexibility index (Phi) is 7.71. The lowest BCUT2D eigenvalue weighted by atomic mass is 10.3. The van der Waals surface area contributed by atoms with E-state index in [0.717, 1.165) is 45.7 Å². The molecule has 5 heteroatoms. The lowest BCUT2D eigenvalue weighted by Crippen LogP contribution is -2.47. The number of nitrogens with zero attached hydrogens (tertiary/aromatic N) is 2. The predicted molar refractivity (Wildman–Crippen MR) is 62.5 cm³/mol. The fraction of sp³-hybridized carbons (Fsp3) is 1.00. The second-order valence-corrected chi connectivity index (χ2v) is 4.10. The van der Waals surface area contributed by atoms with Gasteiger partial charge in [0.25, 0.3) is 0 Å². The number of piperazine rings is 1. The molecule has 0 aliphatic carbocycles. The second kappa shape index (κ2) is 8.90. The molecular formula is C11H24N2O3. The molecule has 5 nitrogen and oxygen atoms in total. The van der Waals surface area contributed by atoms with E-state index in [2.05, 4.69) is 9.80 Å². The minimum atomic E-state index is 0.106. The first-order valence-corrected chi connectivity index (χ1v) is 6.11. The summed E-state index contributed by atoms with van der Waals surface area (Å²) in [7, 11) is 0. The largest absolute Gasteiger partial charge is 0.396 e. The van der Waals surface area contributed by atoms with Gasteiger partial charge in [-0.15, -0.1) is 0 Å². The Hall–Kier alpha value is -0.200. The zero-order valence-electron chi connectivity index (χ0n) is 9.98. The number of aliphatic hydroxyl groups is 2. The van der Waals surface area contributed by atoms with E-state index in [4.69, 9.17) is 14.9 Å². The molecule has 0 spiro atoms. The molecule has 0 saturated carbocycles. The van der Waals surface area contributed by atoms with Crippen LogP contribution in [0.25, 0.3) is 0 Å². The Bertz CT molecular complexity index is 161. The van der Waals surface area contributed by atoms with Gasteiger partial charge in [-0.2, -0.15) is 0 Å². The molecule has 16 heavy (non-hydrogen) atoms. The molecule has 0 radical (unpaired) electrons. The summed E-state index contributed by atoms with van der Waals surface area (Å²) in [4.78, 5) is 4.77. The number of hydrogen-bond acceptors (Lipinski definition) is 5. The maximum atomic E-state index is 8.74. The van der Waals surface area contributed by atoms with Crippen molar-refractivity contribution >= 4 is 0 Å². The molecule has 0 aromatic carbocycles. The van der Waals surface area contributed by atoms with Gasteiger partial charge in [0, 0.05) is 45.9 Å². The van der Waals surface area contributed by atoms with Crippen molar-refractivity contribution in [1.29, 1.82) is 0 Å². The first-order valence-electron chi connectivity index (χ1n) is 6.11. The predicted octanol–water partition coefficient (Wildman–Crippen LogP) is -1.00. The van der Waals surface area contributed by atoms with Crippen LogP contribution in [-0.4, -0.2) is 85.7 Å². The molecule has 0 atom stereocenters. The molecule has 1 aliphatic heterocycles. The number of hydrogen-bond donors (Lipinski definition) is 2. The smallest absolute Gasteiger partial charge is 0.0698 e. The van der Waals surface area contributed by atoms with Gasteiger partial charge in [-0.1, -0.05) is 0 Å². The normalized spacial score (nSPS) is 19.1. The first kappa shape index (κ1) is 13.9. The van der Waals surface area contributed by atoms with Gasteiger partial charge < -0.3 is 19.8 Å². The van der Waals surface area contributed by atoms with E-state index >= 15 is 0 Å². The molecule has 1 heterocycles. The summed E-state index contributed by atoms with van der Waals surface area (Å²) in [5.74, 6) is 0. The van der Waals surface area contributed by atoms with Gasteiger partial charge in [0.1, 0.15) is 0 Å². The number of ether oxygens (including phenoxy) is 1. The molecule has 1 aliphatic rings. The Morgan fingerprint density at radius 1 is 0.812 bits per heavy atom. The van der Waals surface area contributed by atoms with E-state index in [-0.39, 0.29) is 13.2 Å². The summed E-state index contributed by atoms with van der Waals surface area (Å²) in [6.45, 7) is 7.82. The fourth-order valence-corrected chi connectivity index (χ4v) is 1.89. The SMILES string of the molecule is OCCCN1CCN(CCOCCO)CC1. The third-order valence-electron chi connectivity index (χ3n) is 2.88. The van der Waals surface area contributed by atoms with Crippen LogP contribution in [0.3, 0.4) is 0 Å². The average Bonchev–Trinajstić information content (AvgIpc) is 2.33. The zero-order valence-corrected chi connectivity index (χ0v) is 9.98. The van der Waals surface area contributed by atoms with Gasteiger partial charge in [0.15, 0.2) is 0 Å². The number of aliphatic hydroxyl groups excluding tert-OH is 2. The van der Waals surface area contributed by atoms with Crippen molar-refractivity contribution in [2.75, 3.05) is 65.7 Å². The summed E-state index contributed by atoms with van der Waals surface area (Å²) in [6.07, 6.45) is 0.875. The molecule has 0 aromatic heterocycles. The van der Waals surface area contributed by atoms with Crippen LogP contribution in [0.1, 0.15) is 6.42 Å². The van der Waals surface area contributed by atoms with Crippen LogP contribution in [0.4, 0.5) is 0 Å². The maximum absolute atomic E-state index is 8.74. The number of rotatable bonds is 8. The van der Waals surface area contributed by atoms with E-state index in [1.54, 1.807) is 0 Å². The summed E-state index contributed by atoms with van der Waals surface area (Å²) < 4.78 is 5.24. The van der Waals surface area contributed by atoms with Crippen molar-refractivity contribution < 1.29 is 14.9 Å². The van der Waals surface area contributed by atoms with Gasteiger partial charge in [0.2, 0.25) is 0 Å². The van der Waals surface area contributed by atoms with Crippen molar-refractivity contribution in [3.8, 4) is 0 Å². The fourth-order valence-electron chi connectivity index (χ4n) is 1.89. The van der Waals surface area contributed by atoms with E-state index in [9.17, 15) is 0 Å². The Morgan fingerprint density at radius 3 is 2.00 bits per heavy atom. The van der Waals surface area contributed by atoms with E-state index < -0.39 is 0 Å². The zero-order chi connectivity index (χ0) is 11.6. The molecule has 0 aromatic rings. The highest BCUT2D eigenvalue weighted by Gasteiger charge is 2.15. The molecule has 1 fully saturated rings. The molecule has 1 rings (SSSR count). The summed E-state index contributed by atoms with van der Waals surface area (Å²) in [6, 6.07) is 0. The monoisotopic (exact) mass is 232 g/mol. The van der Waals surface area contributed by atoms with Crippen LogP contribution in [-0.2, 0) is 4.74 Å². The third kappa shape index (κ3) is 5.77. The van der Waals surface area contributed by atoms with E-state index in [1.807, 2.05) is 0 Å². The van der Waals surface area contributed by atoms with Crippen molar-refractivity contribution in [2.24, 2.45) is 0 Å². The van der Waals surface area contributed by atoms with Crippen molar-refractivity contribution in [1.82, 2.24) is 9.80 Å². The Morgan fingerprint density at radius 2 is 1.44 bits per heavy atom. The molecule has 96 valence electrons. The Balaban J connectivity index is 1.98. The highest BCUT2D eigenvalue weighted by atomic mass is 16.5. The van der Waals surface area contributed by atoms with Crippen LogP contribution >= 0.6 is 0 Å². The molecule has 2 N–H and O–H groups in total.